The summed E-state index contributed by atoms with van der Waals surface area (Å²) in [6, 6.07) is 11.3. The zero-order chi connectivity index (χ0) is 20.1. The van der Waals surface area contributed by atoms with Crippen molar-refractivity contribution in [2.24, 2.45) is 0 Å². The fourth-order valence-corrected chi connectivity index (χ4v) is 5.89. The van der Waals surface area contributed by atoms with Crippen LogP contribution in [0, 0.1) is 0 Å². The van der Waals surface area contributed by atoms with Crippen LogP contribution in [0.5, 0.6) is 0 Å². The lowest BCUT2D eigenvalue weighted by molar-refractivity contribution is -0.117. The van der Waals surface area contributed by atoms with Crippen LogP contribution in [-0.2, 0) is 14.8 Å². The van der Waals surface area contributed by atoms with Crippen LogP contribution in [-0.4, -0.2) is 56.3 Å². The maximum absolute atomic E-state index is 12.6. The Labute approximate surface area is 171 Å². The first kappa shape index (κ1) is 21.0. The molecule has 1 N–H and O–H groups in total. The van der Waals surface area contributed by atoms with Crippen LogP contribution in [0.1, 0.15) is 31.7 Å². The van der Waals surface area contributed by atoms with E-state index in [1.807, 2.05) is 23.1 Å². The number of hydrogen-bond donors (Lipinski definition) is 1. The highest BCUT2D eigenvalue weighted by atomic mass is 32.2. The van der Waals surface area contributed by atoms with Crippen LogP contribution in [0.15, 0.2) is 46.0 Å². The first-order chi connectivity index (χ1) is 13.4. The molecule has 28 heavy (non-hydrogen) atoms. The van der Waals surface area contributed by atoms with Gasteiger partial charge in [0.05, 0.1) is 6.54 Å². The molecule has 1 aromatic carbocycles. The maximum atomic E-state index is 12.6. The van der Waals surface area contributed by atoms with Gasteiger partial charge >= 0.3 is 0 Å². The van der Waals surface area contributed by atoms with Gasteiger partial charge in [-0.1, -0.05) is 38.1 Å². The highest BCUT2D eigenvalue weighted by Crippen LogP contribution is 2.26. The summed E-state index contributed by atoms with van der Waals surface area (Å²) in [6.07, 6.45) is 1.01. The van der Waals surface area contributed by atoms with Crippen LogP contribution in [0.4, 0.5) is 5.69 Å². The number of piperazine rings is 1. The van der Waals surface area contributed by atoms with Crippen LogP contribution in [0.25, 0.3) is 0 Å². The summed E-state index contributed by atoms with van der Waals surface area (Å²) < 4.78 is 27.1. The van der Waals surface area contributed by atoms with Gasteiger partial charge in [-0.2, -0.15) is 4.31 Å². The zero-order valence-corrected chi connectivity index (χ0v) is 17.9. The summed E-state index contributed by atoms with van der Waals surface area (Å²) in [5.41, 5.74) is 2.01. The molecular formula is C20H27N3O3S2. The molecule has 0 bridgehead atoms. The fourth-order valence-electron chi connectivity index (χ4n) is 3.32. The molecule has 2 aromatic rings. The zero-order valence-electron chi connectivity index (χ0n) is 16.3. The van der Waals surface area contributed by atoms with Crippen molar-refractivity contribution in [3.8, 4) is 0 Å². The Morgan fingerprint density at radius 3 is 2.50 bits per heavy atom. The minimum atomic E-state index is -3.41. The number of rotatable bonds is 7. The number of anilines is 1. The normalized spacial score (nSPS) is 17.4. The number of sulfonamides is 1. The average molecular weight is 422 g/mol. The number of amides is 1. The molecule has 2 heterocycles. The minimum Gasteiger partial charge on any atom is -0.325 e. The SMILES string of the molecule is CC[C@H](C)c1ccccc1NC(=O)CN1CCN(S(=O)(=O)c2cccs2)CC1. The molecule has 1 aromatic heterocycles. The second-order valence-corrected chi connectivity index (χ2v) is 10.2. The van der Waals surface area contributed by atoms with Crippen molar-refractivity contribution in [3.63, 3.8) is 0 Å². The number of carbonyl (C=O) groups excluding carboxylic acids is 1. The lowest BCUT2D eigenvalue weighted by Gasteiger charge is -2.33. The molecular weight excluding hydrogens is 394 g/mol. The van der Waals surface area contributed by atoms with Gasteiger partial charge in [-0.25, -0.2) is 8.42 Å². The Kier molecular flexibility index (Phi) is 6.87. The number of benzene rings is 1. The van der Waals surface area contributed by atoms with Gasteiger partial charge in [-0.05, 0) is 35.4 Å². The number of thiophene rings is 1. The standard InChI is InChI=1S/C20H27N3O3S2/c1-3-16(2)17-7-4-5-8-18(17)21-19(24)15-22-10-12-23(13-11-22)28(25,26)20-9-6-14-27-20/h4-9,14,16H,3,10-13,15H2,1-2H3,(H,21,24)/t16-/m0/s1. The summed E-state index contributed by atoms with van der Waals surface area (Å²) in [5.74, 6) is 0.313. The van der Waals surface area contributed by atoms with Crippen molar-refractivity contribution in [2.45, 2.75) is 30.4 Å². The first-order valence-corrected chi connectivity index (χ1v) is 11.9. The quantitative estimate of drug-likeness (QED) is 0.745. The summed E-state index contributed by atoms with van der Waals surface area (Å²) in [6.45, 7) is 6.44. The van der Waals surface area contributed by atoms with E-state index < -0.39 is 10.0 Å². The predicted octanol–water partition coefficient (Wildman–Crippen LogP) is 3.21. The van der Waals surface area contributed by atoms with Gasteiger partial charge in [0, 0.05) is 31.9 Å². The predicted molar refractivity (Wildman–Crippen MR) is 113 cm³/mol. The maximum Gasteiger partial charge on any atom is 0.252 e. The molecule has 0 unspecified atom stereocenters. The Bertz CT molecular complexity index is 889. The lowest BCUT2D eigenvalue weighted by Crippen LogP contribution is -2.50. The van der Waals surface area contributed by atoms with Crippen LogP contribution in [0.3, 0.4) is 0 Å². The summed E-state index contributed by atoms with van der Waals surface area (Å²) >= 11 is 1.23. The van der Waals surface area contributed by atoms with Gasteiger partial charge in [0.15, 0.2) is 0 Å². The molecule has 152 valence electrons. The third kappa shape index (κ3) is 4.81. The second kappa shape index (κ2) is 9.17. The van der Waals surface area contributed by atoms with E-state index >= 15 is 0 Å². The monoisotopic (exact) mass is 421 g/mol. The summed E-state index contributed by atoms with van der Waals surface area (Å²) in [7, 11) is -3.41. The molecule has 1 aliphatic rings. The molecule has 0 saturated carbocycles. The molecule has 1 saturated heterocycles. The number of para-hydroxylation sites is 1. The minimum absolute atomic E-state index is 0.0645. The van der Waals surface area contributed by atoms with Crippen molar-refractivity contribution in [1.82, 2.24) is 9.21 Å². The molecule has 6 nitrogen and oxygen atoms in total. The number of nitrogens with one attached hydrogen (secondary N) is 1. The Morgan fingerprint density at radius 2 is 1.86 bits per heavy atom. The van der Waals surface area contributed by atoms with E-state index in [2.05, 4.69) is 25.2 Å². The van der Waals surface area contributed by atoms with E-state index in [9.17, 15) is 13.2 Å². The molecule has 0 aliphatic carbocycles. The van der Waals surface area contributed by atoms with Gasteiger partial charge in [-0.3, -0.25) is 9.69 Å². The van der Waals surface area contributed by atoms with E-state index in [0.717, 1.165) is 17.7 Å². The van der Waals surface area contributed by atoms with E-state index in [4.69, 9.17) is 0 Å². The van der Waals surface area contributed by atoms with Gasteiger partial charge in [0.2, 0.25) is 5.91 Å². The van der Waals surface area contributed by atoms with E-state index in [0.29, 0.717) is 36.3 Å². The highest BCUT2D eigenvalue weighted by Gasteiger charge is 2.29. The molecule has 3 rings (SSSR count). The van der Waals surface area contributed by atoms with Crippen LogP contribution >= 0.6 is 11.3 Å². The average Bonchev–Trinajstić information content (AvgIpc) is 3.24. The van der Waals surface area contributed by atoms with Crippen molar-refractivity contribution in [1.29, 1.82) is 0 Å². The van der Waals surface area contributed by atoms with Crippen molar-refractivity contribution >= 4 is 33.0 Å². The molecule has 1 aliphatic heterocycles. The van der Waals surface area contributed by atoms with E-state index in [-0.39, 0.29) is 12.5 Å². The summed E-state index contributed by atoms with van der Waals surface area (Å²) in [5, 5.41) is 4.79. The Balaban J connectivity index is 1.55. The smallest absolute Gasteiger partial charge is 0.252 e. The van der Waals surface area contributed by atoms with Crippen LogP contribution < -0.4 is 5.32 Å². The second-order valence-electron chi connectivity index (χ2n) is 7.06. The largest absolute Gasteiger partial charge is 0.325 e. The van der Waals surface area contributed by atoms with Gasteiger partial charge in [-0.15, -0.1) is 11.3 Å². The number of hydrogen-bond acceptors (Lipinski definition) is 5. The lowest BCUT2D eigenvalue weighted by atomic mass is 9.97. The topological polar surface area (TPSA) is 69.7 Å². The molecule has 1 fully saturated rings. The van der Waals surface area contributed by atoms with Crippen molar-refractivity contribution < 1.29 is 13.2 Å². The molecule has 0 radical (unpaired) electrons. The highest BCUT2D eigenvalue weighted by molar-refractivity contribution is 7.91. The van der Waals surface area contributed by atoms with Crippen molar-refractivity contribution in [2.75, 3.05) is 38.0 Å². The fraction of sp³-hybridized carbons (Fsp3) is 0.450. The van der Waals surface area contributed by atoms with Gasteiger partial charge in [0.25, 0.3) is 10.0 Å². The van der Waals surface area contributed by atoms with Crippen molar-refractivity contribution in [3.05, 3.63) is 47.3 Å². The van der Waals surface area contributed by atoms with E-state index in [1.54, 1.807) is 17.5 Å². The van der Waals surface area contributed by atoms with Gasteiger partial charge < -0.3 is 5.32 Å². The molecule has 1 amide bonds. The summed E-state index contributed by atoms with van der Waals surface area (Å²) in [4.78, 5) is 14.5. The number of carbonyl (C=O) groups is 1. The number of nitrogens with zero attached hydrogens (tertiary/aromatic N) is 2. The molecule has 0 spiro atoms. The molecule has 1 atom stereocenters. The van der Waals surface area contributed by atoms with Gasteiger partial charge in [0.1, 0.15) is 4.21 Å². The Morgan fingerprint density at radius 1 is 1.14 bits per heavy atom. The third-order valence-corrected chi connectivity index (χ3v) is 8.44. The van der Waals surface area contributed by atoms with E-state index in [1.165, 1.54) is 15.6 Å². The third-order valence-electron chi connectivity index (χ3n) is 5.17. The van der Waals surface area contributed by atoms with Crippen LogP contribution in [0.2, 0.25) is 0 Å². The first-order valence-electron chi connectivity index (χ1n) is 9.56. The Hall–Kier alpha value is -1.74. The molecule has 8 heteroatoms.